The molecule has 0 saturated heterocycles. The maximum Gasteiger partial charge on any atom is 0.190 e. The Morgan fingerprint density at radius 1 is 1.12 bits per heavy atom. The van der Waals surface area contributed by atoms with E-state index in [1.165, 1.54) is 11.3 Å². The van der Waals surface area contributed by atoms with Crippen molar-refractivity contribution in [3.05, 3.63) is 62.7 Å². The highest BCUT2D eigenvalue weighted by molar-refractivity contribution is 7.07. The molecule has 26 heavy (non-hydrogen) atoms. The number of rotatable bonds is 6. The van der Waals surface area contributed by atoms with Gasteiger partial charge in [-0.15, -0.1) is 11.3 Å². The molecule has 4 nitrogen and oxygen atoms in total. The average molecular weight is 409 g/mol. The van der Waals surface area contributed by atoms with Gasteiger partial charge in [0.1, 0.15) is 5.75 Å². The molecule has 0 saturated carbocycles. The van der Waals surface area contributed by atoms with Gasteiger partial charge < -0.3 is 14.4 Å². The molecule has 0 aliphatic carbocycles. The SMILES string of the molecule is CCOc1ccc(N=c2scc(-c3ccc(Cl)c(Cl)c3)n2CCO)cc1. The standard InChI is InChI=1S/C19H18Cl2N2O2S/c1-2-25-15-6-4-14(5-7-15)22-19-23(9-10-24)18(12-26-19)13-3-8-16(20)17(21)11-13/h3-8,11-12,24H,2,9-10H2,1H3. The zero-order chi connectivity index (χ0) is 18.5. The number of aliphatic hydroxyl groups is 1. The van der Waals surface area contributed by atoms with Gasteiger partial charge in [0.2, 0.25) is 0 Å². The topological polar surface area (TPSA) is 46.8 Å². The van der Waals surface area contributed by atoms with Crippen molar-refractivity contribution in [3.8, 4) is 17.0 Å². The molecule has 0 atom stereocenters. The molecule has 1 heterocycles. The van der Waals surface area contributed by atoms with E-state index in [0.29, 0.717) is 23.2 Å². The summed E-state index contributed by atoms with van der Waals surface area (Å²) in [5.74, 6) is 0.817. The number of aromatic nitrogens is 1. The van der Waals surface area contributed by atoms with E-state index >= 15 is 0 Å². The number of hydrogen-bond donors (Lipinski definition) is 1. The third kappa shape index (κ3) is 4.30. The minimum absolute atomic E-state index is 0.0154. The van der Waals surface area contributed by atoms with Crippen molar-refractivity contribution in [3.63, 3.8) is 0 Å². The van der Waals surface area contributed by atoms with Gasteiger partial charge in [-0.3, -0.25) is 0 Å². The molecule has 0 aliphatic heterocycles. The van der Waals surface area contributed by atoms with Gasteiger partial charge >= 0.3 is 0 Å². The predicted octanol–water partition coefficient (Wildman–Crippen LogP) is 5.15. The molecule has 0 unspecified atom stereocenters. The lowest BCUT2D eigenvalue weighted by Gasteiger charge is -2.08. The number of hydrogen-bond acceptors (Lipinski definition) is 4. The van der Waals surface area contributed by atoms with Crippen LogP contribution in [-0.2, 0) is 6.54 Å². The Kier molecular flexibility index (Phi) is 6.38. The first-order valence-electron chi connectivity index (χ1n) is 8.14. The zero-order valence-corrected chi connectivity index (χ0v) is 16.5. The summed E-state index contributed by atoms with van der Waals surface area (Å²) < 4.78 is 7.43. The summed E-state index contributed by atoms with van der Waals surface area (Å²) >= 11 is 13.7. The third-order valence-corrected chi connectivity index (χ3v) is 5.31. The van der Waals surface area contributed by atoms with Gasteiger partial charge in [-0.2, -0.15) is 0 Å². The lowest BCUT2D eigenvalue weighted by Crippen LogP contribution is -2.17. The van der Waals surface area contributed by atoms with E-state index < -0.39 is 0 Å². The lowest BCUT2D eigenvalue weighted by atomic mass is 10.2. The molecule has 0 amide bonds. The van der Waals surface area contributed by atoms with Crippen LogP contribution in [0.25, 0.3) is 11.3 Å². The highest BCUT2D eigenvalue weighted by atomic mass is 35.5. The molecule has 3 rings (SSSR count). The highest BCUT2D eigenvalue weighted by Gasteiger charge is 2.10. The predicted molar refractivity (Wildman–Crippen MR) is 108 cm³/mol. The minimum atomic E-state index is 0.0154. The van der Waals surface area contributed by atoms with Crippen molar-refractivity contribution in [2.45, 2.75) is 13.5 Å². The van der Waals surface area contributed by atoms with Gasteiger partial charge in [0.15, 0.2) is 4.80 Å². The largest absolute Gasteiger partial charge is 0.494 e. The Bertz CT molecular complexity index is 949. The normalized spacial score (nSPS) is 11.8. The Labute approximate surface area is 165 Å². The van der Waals surface area contributed by atoms with E-state index in [-0.39, 0.29) is 6.61 Å². The Morgan fingerprint density at radius 3 is 2.54 bits per heavy atom. The second kappa shape index (κ2) is 8.73. The van der Waals surface area contributed by atoms with Gasteiger partial charge in [-0.05, 0) is 43.3 Å². The molecule has 0 fully saturated rings. The molecule has 2 aromatic carbocycles. The molecule has 3 aromatic rings. The fraction of sp³-hybridized carbons (Fsp3) is 0.211. The van der Waals surface area contributed by atoms with Crippen LogP contribution in [-0.4, -0.2) is 22.9 Å². The fourth-order valence-electron chi connectivity index (χ4n) is 2.51. The summed E-state index contributed by atoms with van der Waals surface area (Å²) in [4.78, 5) is 5.50. The van der Waals surface area contributed by atoms with Crippen LogP contribution < -0.4 is 9.54 Å². The number of nitrogens with zero attached hydrogens (tertiary/aromatic N) is 2. The first-order valence-corrected chi connectivity index (χ1v) is 9.78. The molecule has 1 aromatic heterocycles. The smallest absolute Gasteiger partial charge is 0.190 e. The monoisotopic (exact) mass is 408 g/mol. The summed E-state index contributed by atoms with van der Waals surface area (Å²) in [5.41, 5.74) is 2.69. The molecule has 0 aliphatic rings. The van der Waals surface area contributed by atoms with Crippen molar-refractivity contribution in [1.29, 1.82) is 0 Å². The van der Waals surface area contributed by atoms with Gasteiger partial charge in [0.25, 0.3) is 0 Å². The van der Waals surface area contributed by atoms with E-state index in [4.69, 9.17) is 32.9 Å². The molecule has 0 spiro atoms. The number of ether oxygens (including phenoxy) is 1. The number of benzene rings is 2. The van der Waals surface area contributed by atoms with Crippen LogP contribution in [0.1, 0.15) is 6.92 Å². The van der Waals surface area contributed by atoms with Gasteiger partial charge in [0.05, 0.1) is 34.6 Å². The van der Waals surface area contributed by atoms with Crippen LogP contribution in [0.15, 0.2) is 52.8 Å². The summed E-state index contributed by atoms with van der Waals surface area (Å²) in [6.45, 7) is 3.04. The quantitative estimate of drug-likeness (QED) is 0.612. The molecule has 0 bridgehead atoms. The number of aliphatic hydroxyl groups excluding tert-OH is 1. The molecular weight excluding hydrogens is 391 g/mol. The van der Waals surface area contributed by atoms with Crippen molar-refractivity contribution >= 4 is 40.2 Å². The van der Waals surface area contributed by atoms with Crippen LogP contribution >= 0.6 is 34.5 Å². The van der Waals surface area contributed by atoms with Crippen LogP contribution in [0, 0.1) is 0 Å². The average Bonchev–Trinajstić information content (AvgIpc) is 3.02. The van der Waals surface area contributed by atoms with E-state index in [1.807, 2.05) is 53.3 Å². The Hall–Kier alpha value is -1.79. The molecule has 7 heteroatoms. The molecule has 0 radical (unpaired) electrons. The molecule has 1 N–H and O–H groups in total. The second-order valence-corrected chi connectivity index (χ2v) is 7.10. The highest BCUT2D eigenvalue weighted by Crippen LogP contribution is 2.29. The van der Waals surface area contributed by atoms with E-state index in [0.717, 1.165) is 27.5 Å². The maximum absolute atomic E-state index is 9.47. The summed E-state index contributed by atoms with van der Waals surface area (Å²) in [6, 6.07) is 13.1. The van der Waals surface area contributed by atoms with Crippen molar-refractivity contribution in [1.82, 2.24) is 4.57 Å². The maximum atomic E-state index is 9.47. The van der Waals surface area contributed by atoms with Crippen molar-refractivity contribution in [2.24, 2.45) is 4.99 Å². The number of halogens is 2. The first kappa shape index (κ1) is 19.0. The summed E-state index contributed by atoms with van der Waals surface area (Å²) in [6.07, 6.45) is 0. The molecule has 136 valence electrons. The second-order valence-electron chi connectivity index (χ2n) is 5.45. The van der Waals surface area contributed by atoms with Crippen LogP contribution in [0.5, 0.6) is 5.75 Å². The molecular formula is C19H18Cl2N2O2S. The lowest BCUT2D eigenvalue weighted by molar-refractivity contribution is 0.275. The van der Waals surface area contributed by atoms with Crippen LogP contribution in [0.4, 0.5) is 5.69 Å². The van der Waals surface area contributed by atoms with E-state index in [2.05, 4.69) is 0 Å². The fourth-order valence-corrected chi connectivity index (χ4v) is 3.77. The zero-order valence-electron chi connectivity index (χ0n) is 14.2. The van der Waals surface area contributed by atoms with Gasteiger partial charge in [-0.1, -0.05) is 29.3 Å². The van der Waals surface area contributed by atoms with E-state index in [9.17, 15) is 5.11 Å². The Balaban J connectivity index is 2.02. The summed E-state index contributed by atoms with van der Waals surface area (Å²) in [5, 5.41) is 12.5. The van der Waals surface area contributed by atoms with Crippen LogP contribution in [0.2, 0.25) is 10.0 Å². The Morgan fingerprint density at radius 2 is 1.88 bits per heavy atom. The van der Waals surface area contributed by atoms with Crippen molar-refractivity contribution in [2.75, 3.05) is 13.2 Å². The first-order chi connectivity index (χ1) is 12.6. The third-order valence-electron chi connectivity index (χ3n) is 3.71. The van der Waals surface area contributed by atoms with Gasteiger partial charge in [-0.25, -0.2) is 4.99 Å². The van der Waals surface area contributed by atoms with E-state index in [1.54, 1.807) is 6.07 Å². The van der Waals surface area contributed by atoms with Gasteiger partial charge in [0, 0.05) is 17.5 Å². The minimum Gasteiger partial charge on any atom is -0.494 e. The summed E-state index contributed by atoms with van der Waals surface area (Å²) in [7, 11) is 0. The van der Waals surface area contributed by atoms with Crippen molar-refractivity contribution < 1.29 is 9.84 Å². The number of thiazole rings is 1. The van der Waals surface area contributed by atoms with Crippen LogP contribution in [0.3, 0.4) is 0 Å².